The van der Waals surface area contributed by atoms with Crippen molar-refractivity contribution in [3.05, 3.63) is 23.7 Å². The summed E-state index contributed by atoms with van der Waals surface area (Å²) in [5.74, 6) is 5.67. The van der Waals surface area contributed by atoms with Crippen LogP contribution in [0.2, 0.25) is 0 Å². The largest absolute Gasteiger partial charge is 0.0597 e. The zero-order valence-corrected chi connectivity index (χ0v) is 14.0. The summed E-state index contributed by atoms with van der Waals surface area (Å²) < 4.78 is 0. The number of rotatable bonds is 0. The van der Waals surface area contributed by atoms with E-state index in [-0.39, 0.29) is 0 Å². The van der Waals surface area contributed by atoms with E-state index in [1.165, 1.54) is 23.7 Å². The van der Waals surface area contributed by atoms with Crippen LogP contribution in [0.15, 0.2) is 0 Å². The smallest absolute Gasteiger partial charge is 0.0334 e. The van der Waals surface area contributed by atoms with Crippen LogP contribution in [0.1, 0.15) is 83.1 Å². The van der Waals surface area contributed by atoms with Gasteiger partial charge in [-0.25, -0.2) is 0 Å². The van der Waals surface area contributed by atoms with Crippen molar-refractivity contribution < 1.29 is 0 Å². The molecule has 0 aromatic carbocycles. The van der Waals surface area contributed by atoms with Gasteiger partial charge in [-0.2, -0.15) is 0 Å². The van der Waals surface area contributed by atoms with E-state index < -0.39 is 0 Å². The van der Waals surface area contributed by atoms with Gasteiger partial charge in [0.25, 0.3) is 0 Å². The first-order valence-electron chi connectivity index (χ1n) is 6.00. The lowest BCUT2D eigenvalue weighted by molar-refractivity contribution is 1.10. The van der Waals surface area contributed by atoms with Gasteiger partial charge in [-0.15, -0.1) is 0 Å². The van der Waals surface area contributed by atoms with Crippen molar-refractivity contribution in [1.82, 2.24) is 0 Å². The van der Waals surface area contributed by atoms with Gasteiger partial charge < -0.3 is 0 Å². The summed E-state index contributed by atoms with van der Waals surface area (Å²) in [6, 6.07) is 0. The lowest BCUT2D eigenvalue weighted by Gasteiger charge is -1.78. The van der Waals surface area contributed by atoms with Gasteiger partial charge in [0, 0.05) is 0 Å². The van der Waals surface area contributed by atoms with Gasteiger partial charge in [-0.05, 0) is 23.7 Å². The highest BCUT2D eigenvalue weighted by Crippen LogP contribution is 1.86. The maximum Gasteiger partial charge on any atom is -0.0334 e. The van der Waals surface area contributed by atoms with Crippen molar-refractivity contribution in [2.45, 2.75) is 83.1 Å². The normalized spacial score (nSPS) is 9.00. The Bertz CT molecular complexity index is 43.0. The number of hydrogen-bond donors (Lipinski definition) is 0. The van der Waals surface area contributed by atoms with Crippen molar-refractivity contribution in [2.75, 3.05) is 0 Å². The predicted octanol–water partition coefficient (Wildman–Crippen LogP) is 6.48. The Morgan fingerprint density at radius 1 is 0.250 bits per heavy atom. The molecular weight excluding hydrogens is 192 g/mol. The van der Waals surface area contributed by atoms with E-state index in [2.05, 4.69) is 83.1 Å². The van der Waals surface area contributed by atoms with Crippen LogP contribution in [0.3, 0.4) is 0 Å². The van der Waals surface area contributed by atoms with E-state index in [0.717, 1.165) is 0 Å². The van der Waals surface area contributed by atoms with E-state index in [0.29, 0.717) is 0 Å². The van der Waals surface area contributed by atoms with Crippen LogP contribution in [0.5, 0.6) is 0 Å². The molecule has 0 bridgehead atoms. The SMILES string of the molecule is C[C](C)C.C[C](C)C.C[C](C)C.C[C](C)C. The topological polar surface area (TPSA) is 0 Å². The van der Waals surface area contributed by atoms with Crippen molar-refractivity contribution in [3.63, 3.8) is 0 Å². The van der Waals surface area contributed by atoms with Crippen molar-refractivity contribution >= 4 is 0 Å². The molecule has 0 aromatic rings. The Labute approximate surface area is 107 Å². The van der Waals surface area contributed by atoms with Crippen LogP contribution in [-0.4, -0.2) is 0 Å². The van der Waals surface area contributed by atoms with Crippen LogP contribution in [0, 0.1) is 23.7 Å². The lowest BCUT2D eigenvalue weighted by atomic mass is 10.3. The molecule has 0 amide bonds. The standard InChI is InChI=1S/4C4H9/c4*1-4(2)3/h4*1-3H3. The first-order valence-corrected chi connectivity index (χ1v) is 6.00. The molecule has 0 N–H and O–H groups in total. The van der Waals surface area contributed by atoms with Gasteiger partial charge in [0.1, 0.15) is 0 Å². The molecule has 0 rings (SSSR count). The molecule has 0 heterocycles. The minimum absolute atomic E-state index is 1.42. The second kappa shape index (κ2) is 20.4. The van der Waals surface area contributed by atoms with Gasteiger partial charge in [0.05, 0.1) is 0 Å². The van der Waals surface area contributed by atoms with Gasteiger partial charge in [0.15, 0.2) is 0 Å². The second-order valence-electron chi connectivity index (χ2n) is 6.00. The molecule has 0 saturated carbocycles. The van der Waals surface area contributed by atoms with Crippen LogP contribution in [0.25, 0.3) is 0 Å². The number of hydrogen-bond acceptors (Lipinski definition) is 0. The first kappa shape index (κ1) is 25.0. The third kappa shape index (κ3) is 0. The highest BCUT2D eigenvalue weighted by molar-refractivity contribution is 4.66. The quantitative estimate of drug-likeness (QED) is 0.445. The zero-order valence-electron chi connectivity index (χ0n) is 14.0. The summed E-state index contributed by atoms with van der Waals surface area (Å²) in [6.07, 6.45) is 0. The highest BCUT2D eigenvalue weighted by Gasteiger charge is 1.70. The molecule has 0 atom stereocenters. The Kier molecular flexibility index (Phi) is 31.9. The summed E-state index contributed by atoms with van der Waals surface area (Å²) in [7, 11) is 0. The molecule has 4 radical (unpaired) electrons. The van der Waals surface area contributed by atoms with Crippen molar-refractivity contribution in [3.8, 4) is 0 Å². The Balaban J connectivity index is -0.0000000600. The minimum atomic E-state index is 1.42. The van der Waals surface area contributed by atoms with Crippen molar-refractivity contribution in [2.24, 2.45) is 0 Å². The molecule has 0 spiro atoms. The van der Waals surface area contributed by atoms with Gasteiger partial charge in [-0.1, -0.05) is 83.1 Å². The van der Waals surface area contributed by atoms with Crippen LogP contribution < -0.4 is 0 Å². The van der Waals surface area contributed by atoms with Gasteiger partial charge in [-0.3, -0.25) is 0 Å². The molecular formula is C16H36. The van der Waals surface area contributed by atoms with E-state index in [1.54, 1.807) is 0 Å². The summed E-state index contributed by atoms with van der Waals surface area (Å²) in [6.45, 7) is 25.0. The first-order chi connectivity index (χ1) is 6.93. The Morgan fingerprint density at radius 2 is 0.250 bits per heavy atom. The van der Waals surface area contributed by atoms with Gasteiger partial charge in [0.2, 0.25) is 0 Å². The van der Waals surface area contributed by atoms with E-state index in [1.807, 2.05) is 0 Å². The van der Waals surface area contributed by atoms with E-state index >= 15 is 0 Å². The predicted molar refractivity (Wildman–Crippen MR) is 81.1 cm³/mol. The molecule has 0 aromatic heterocycles. The van der Waals surface area contributed by atoms with Gasteiger partial charge >= 0.3 is 0 Å². The summed E-state index contributed by atoms with van der Waals surface area (Å²) in [5, 5.41) is 0. The summed E-state index contributed by atoms with van der Waals surface area (Å²) in [4.78, 5) is 0. The minimum Gasteiger partial charge on any atom is -0.0597 e. The Hall–Kier alpha value is 0. The average molecular weight is 228 g/mol. The Morgan fingerprint density at radius 3 is 0.250 bits per heavy atom. The fourth-order valence-corrected chi connectivity index (χ4v) is 0. The zero-order chi connectivity index (χ0) is 14.3. The molecule has 0 saturated heterocycles. The third-order valence-corrected chi connectivity index (χ3v) is 0. The van der Waals surface area contributed by atoms with E-state index in [9.17, 15) is 0 Å². The summed E-state index contributed by atoms with van der Waals surface area (Å²) in [5.41, 5.74) is 0. The maximum atomic E-state index is 2.08. The molecule has 0 unspecified atom stereocenters. The van der Waals surface area contributed by atoms with Crippen molar-refractivity contribution in [1.29, 1.82) is 0 Å². The fraction of sp³-hybridized carbons (Fsp3) is 0.750. The monoisotopic (exact) mass is 228 g/mol. The molecule has 0 heteroatoms. The third-order valence-electron chi connectivity index (χ3n) is 0. The second-order valence-corrected chi connectivity index (χ2v) is 6.00. The van der Waals surface area contributed by atoms with E-state index in [4.69, 9.17) is 0 Å². The molecule has 0 aliphatic heterocycles. The summed E-state index contributed by atoms with van der Waals surface area (Å²) >= 11 is 0. The fourth-order valence-electron chi connectivity index (χ4n) is 0. The van der Waals surface area contributed by atoms with Crippen LogP contribution >= 0.6 is 0 Å². The van der Waals surface area contributed by atoms with Crippen LogP contribution in [0.4, 0.5) is 0 Å². The lowest BCUT2D eigenvalue weighted by Crippen LogP contribution is -1.62. The molecule has 0 aliphatic carbocycles. The molecule has 100 valence electrons. The molecule has 0 nitrogen and oxygen atoms in total. The molecule has 0 fully saturated rings. The molecule has 16 heavy (non-hydrogen) atoms. The average Bonchev–Trinajstić information content (AvgIpc) is 1.76. The maximum absolute atomic E-state index is 2.08. The highest BCUT2D eigenvalue weighted by atomic mass is 13.8. The van der Waals surface area contributed by atoms with Crippen LogP contribution in [-0.2, 0) is 0 Å². The molecule has 0 aliphatic rings.